The van der Waals surface area contributed by atoms with Crippen LogP contribution in [-0.4, -0.2) is 12.6 Å². The van der Waals surface area contributed by atoms with Gasteiger partial charge < -0.3 is 4.74 Å². The van der Waals surface area contributed by atoms with E-state index in [2.05, 4.69) is 13.5 Å². The summed E-state index contributed by atoms with van der Waals surface area (Å²) in [6, 6.07) is 0. The molecule has 0 saturated heterocycles. The van der Waals surface area contributed by atoms with Crippen molar-refractivity contribution in [3.63, 3.8) is 0 Å². The van der Waals surface area contributed by atoms with Gasteiger partial charge in [-0.3, -0.25) is 0 Å². The second kappa shape index (κ2) is 6.46. The van der Waals surface area contributed by atoms with Crippen LogP contribution in [0.15, 0.2) is 24.8 Å². The number of carbonyl (C=O) groups excluding carboxylic acids is 1. The van der Waals surface area contributed by atoms with Gasteiger partial charge >= 0.3 is 5.97 Å². The molecule has 0 saturated carbocycles. The molecule has 2 heteroatoms. The minimum Gasteiger partial charge on any atom is -0.463 e. The van der Waals surface area contributed by atoms with Crippen LogP contribution in [0.4, 0.5) is 0 Å². The third-order valence-electron chi connectivity index (χ3n) is 2.02. The third kappa shape index (κ3) is 5.23. The average Bonchev–Trinajstić information content (AvgIpc) is 2.13. The van der Waals surface area contributed by atoms with Gasteiger partial charge in [-0.25, -0.2) is 4.79 Å². The molecule has 2 unspecified atom stereocenters. The van der Waals surface area contributed by atoms with Crippen molar-refractivity contribution in [3.8, 4) is 0 Å². The van der Waals surface area contributed by atoms with Gasteiger partial charge in [-0.1, -0.05) is 26.0 Å². The molecule has 0 fully saturated rings. The maximum absolute atomic E-state index is 10.9. The van der Waals surface area contributed by atoms with Crippen LogP contribution in [0.2, 0.25) is 0 Å². The van der Waals surface area contributed by atoms with Crippen LogP contribution in [0.5, 0.6) is 0 Å². The summed E-state index contributed by atoms with van der Waals surface area (Å²) in [5, 5.41) is 0. The number of hydrogen-bond acceptors (Lipinski definition) is 2. The molecule has 0 aliphatic rings. The Morgan fingerprint density at radius 1 is 1.46 bits per heavy atom. The van der Waals surface area contributed by atoms with Crippen LogP contribution in [-0.2, 0) is 9.53 Å². The number of esters is 1. The highest BCUT2D eigenvalue weighted by atomic mass is 16.5. The zero-order valence-electron chi connectivity index (χ0n) is 8.62. The van der Waals surface area contributed by atoms with Crippen LogP contribution >= 0.6 is 0 Å². The van der Waals surface area contributed by atoms with Gasteiger partial charge in [-0.15, -0.1) is 6.58 Å². The van der Waals surface area contributed by atoms with Gasteiger partial charge in [0.25, 0.3) is 0 Å². The van der Waals surface area contributed by atoms with Gasteiger partial charge in [0.05, 0.1) is 6.61 Å². The first kappa shape index (κ1) is 11.9. The van der Waals surface area contributed by atoms with E-state index in [1.807, 2.05) is 19.1 Å². The van der Waals surface area contributed by atoms with Crippen molar-refractivity contribution in [2.24, 2.45) is 11.8 Å². The Morgan fingerprint density at radius 2 is 2.08 bits per heavy atom. The van der Waals surface area contributed by atoms with Crippen LogP contribution in [0, 0.1) is 11.8 Å². The molecule has 74 valence electrons. The molecular formula is C11H18O2. The van der Waals surface area contributed by atoms with E-state index in [4.69, 9.17) is 4.74 Å². The molecule has 0 aromatic carbocycles. The third-order valence-corrected chi connectivity index (χ3v) is 2.02. The quantitative estimate of drug-likeness (QED) is 0.371. The monoisotopic (exact) mass is 182 g/mol. The van der Waals surface area contributed by atoms with E-state index in [9.17, 15) is 4.79 Å². The Hall–Kier alpha value is -1.05. The Labute approximate surface area is 80.3 Å². The summed E-state index contributed by atoms with van der Waals surface area (Å²) in [6.07, 6.45) is 5.21. The molecule has 13 heavy (non-hydrogen) atoms. The van der Waals surface area contributed by atoms with Crippen LogP contribution < -0.4 is 0 Å². The van der Waals surface area contributed by atoms with Gasteiger partial charge in [0.15, 0.2) is 0 Å². The first-order chi connectivity index (χ1) is 6.11. The van der Waals surface area contributed by atoms with Gasteiger partial charge in [-0.05, 0) is 18.8 Å². The predicted molar refractivity (Wildman–Crippen MR) is 54.3 cm³/mol. The maximum Gasteiger partial charge on any atom is 0.330 e. The maximum atomic E-state index is 10.9. The zero-order chi connectivity index (χ0) is 10.3. The molecule has 0 spiro atoms. The molecule has 0 rings (SSSR count). The van der Waals surface area contributed by atoms with Crippen molar-refractivity contribution in [1.29, 1.82) is 0 Å². The molecule has 0 aliphatic heterocycles. The number of allylic oxidation sites excluding steroid dienone is 2. The standard InChI is InChI=1S/C11H18O2/c1-5-9(3)10(4)7-8-11(12)13-6-2/h5,7-10H,1,6H2,2-4H3. The molecule has 0 amide bonds. The molecular weight excluding hydrogens is 164 g/mol. The second-order valence-electron chi connectivity index (χ2n) is 3.07. The summed E-state index contributed by atoms with van der Waals surface area (Å²) in [5.74, 6) is 0.429. The SMILES string of the molecule is C=CC(C)C(C)C=CC(=O)OCC. The molecule has 0 N–H and O–H groups in total. The Bertz CT molecular complexity index is 194. The minimum atomic E-state index is -0.273. The second-order valence-corrected chi connectivity index (χ2v) is 3.07. The highest BCUT2D eigenvalue weighted by Gasteiger charge is 2.04. The van der Waals surface area contributed by atoms with Crippen molar-refractivity contribution in [2.45, 2.75) is 20.8 Å². The van der Waals surface area contributed by atoms with Gasteiger partial charge in [0.1, 0.15) is 0 Å². The van der Waals surface area contributed by atoms with Crippen molar-refractivity contribution in [3.05, 3.63) is 24.8 Å². The van der Waals surface area contributed by atoms with Gasteiger partial charge in [-0.2, -0.15) is 0 Å². The summed E-state index contributed by atoms with van der Waals surface area (Å²) in [4.78, 5) is 10.9. The molecule has 0 bridgehead atoms. The van der Waals surface area contributed by atoms with E-state index in [-0.39, 0.29) is 5.97 Å². The smallest absolute Gasteiger partial charge is 0.330 e. The fraction of sp³-hybridized carbons (Fsp3) is 0.545. The highest BCUT2D eigenvalue weighted by molar-refractivity contribution is 5.81. The first-order valence-electron chi connectivity index (χ1n) is 4.59. The zero-order valence-corrected chi connectivity index (χ0v) is 8.62. The number of ether oxygens (including phenoxy) is 1. The molecule has 0 aromatic heterocycles. The van der Waals surface area contributed by atoms with Crippen LogP contribution in [0.25, 0.3) is 0 Å². The summed E-state index contributed by atoms with van der Waals surface area (Å²) >= 11 is 0. The van der Waals surface area contributed by atoms with Gasteiger partial charge in [0, 0.05) is 6.08 Å². The summed E-state index contributed by atoms with van der Waals surface area (Å²) in [5.41, 5.74) is 0. The van der Waals surface area contributed by atoms with Crippen molar-refractivity contribution in [2.75, 3.05) is 6.61 Å². The molecule has 0 heterocycles. The van der Waals surface area contributed by atoms with Crippen LogP contribution in [0.1, 0.15) is 20.8 Å². The van der Waals surface area contributed by atoms with E-state index >= 15 is 0 Å². The summed E-state index contributed by atoms with van der Waals surface area (Å²) < 4.78 is 4.75. The molecule has 0 radical (unpaired) electrons. The highest BCUT2D eigenvalue weighted by Crippen LogP contribution is 2.12. The van der Waals surface area contributed by atoms with Crippen molar-refractivity contribution < 1.29 is 9.53 Å². The number of hydrogen-bond donors (Lipinski definition) is 0. The summed E-state index contributed by atoms with van der Waals surface area (Å²) in [6.45, 7) is 10.0. The molecule has 2 atom stereocenters. The first-order valence-corrected chi connectivity index (χ1v) is 4.59. The van der Waals surface area contributed by atoms with E-state index in [1.54, 1.807) is 6.92 Å². The van der Waals surface area contributed by atoms with Crippen LogP contribution in [0.3, 0.4) is 0 Å². The number of carbonyl (C=O) groups is 1. The fourth-order valence-electron chi connectivity index (χ4n) is 0.811. The van der Waals surface area contributed by atoms with E-state index in [1.165, 1.54) is 6.08 Å². The fourth-order valence-corrected chi connectivity index (χ4v) is 0.811. The van der Waals surface area contributed by atoms with E-state index < -0.39 is 0 Å². The summed E-state index contributed by atoms with van der Waals surface area (Å²) in [7, 11) is 0. The average molecular weight is 182 g/mol. The topological polar surface area (TPSA) is 26.3 Å². The molecule has 0 aromatic rings. The molecule has 2 nitrogen and oxygen atoms in total. The number of rotatable bonds is 5. The molecule has 0 aliphatic carbocycles. The normalized spacial score (nSPS) is 15.3. The lowest BCUT2D eigenvalue weighted by atomic mass is 9.96. The van der Waals surface area contributed by atoms with Gasteiger partial charge in [0.2, 0.25) is 0 Å². The van der Waals surface area contributed by atoms with Crippen molar-refractivity contribution >= 4 is 5.97 Å². The van der Waals surface area contributed by atoms with E-state index in [0.29, 0.717) is 18.4 Å². The predicted octanol–water partition coefficient (Wildman–Crippen LogP) is 2.56. The Morgan fingerprint density at radius 3 is 2.54 bits per heavy atom. The minimum absolute atomic E-state index is 0.273. The Balaban J connectivity index is 3.95. The van der Waals surface area contributed by atoms with E-state index in [0.717, 1.165) is 0 Å². The lowest BCUT2D eigenvalue weighted by Crippen LogP contribution is -2.04. The largest absolute Gasteiger partial charge is 0.463 e. The lowest BCUT2D eigenvalue weighted by Gasteiger charge is -2.10. The Kier molecular flexibility index (Phi) is 5.94. The van der Waals surface area contributed by atoms with Crippen molar-refractivity contribution in [1.82, 2.24) is 0 Å². The lowest BCUT2D eigenvalue weighted by molar-refractivity contribution is -0.137.